The highest BCUT2D eigenvalue weighted by Gasteiger charge is 2.05. The first-order valence-electron chi connectivity index (χ1n) is 9.82. The monoisotopic (exact) mass is 409 g/mol. The Morgan fingerprint density at radius 3 is 1.74 bits per heavy atom. The lowest BCUT2D eigenvalue weighted by molar-refractivity contribution is -0.114. The molecule has 0 heterocycles. The summed E-state index contributed by atoms with van der Waals surface area (Å²) in [7, 11) is 0. The van der Waals surface area contributed by atoms with Gasteiger partial charge in [0.1, 0.15) is 0 Å². The zero-order chi connectivity index (χ0) is 21.9. The molecule has 0 spiro atoms. The quantitative estimate of drug-likeness (QED) is 0.418. The first-order chi connectivity index (χ1) is 15.1. The molecule has 0 aliphatic heterocycles. The van der Waals surface area contributed by atoms with Crippen molar-refractivity contribution in [2.75, 3.05) is 5.32 Å². The number of nitrogens with one attached hydrogen (secondary N) is 2. The van der Waals surface area contributed by atoms with Gasteiger partial charge in [-0.1, -0.05) is 72.8 Å². The fraction of sp³-hybridized carbons (Fsp3) is 0.0385. The average molecular weight is 409 g/mol. The number of hydrazone groups is 1. The van der Waals surface area contributed by atoms with Crippen LogP contribution in [0.5, 0.6) is 0 Å². The van der Waals surface area contributed by atoms with E-state index in [2.05, 4.69) is 15.8 Å². The van der Waals surface area contributed by atoms with E-state index in [9.17, 15) is 9.59 Å². The van der Waals surface area contributed by atoms with Crippen molar-refractivity contribution in [3.63, 3.8) is 0 Å². The molecule has 0 unspecified atom stereocenters. The maximum Gasteiger partial charge on any atom is 0.271 e. The SMILES string of the molecule is CC(=O)Nc1ccc(C(=O)NN=C(/C=C\c2ccccc2)/C=C/c2ccccc2)cc1. The normalized spacial score (nSPS) is 11.6. The fourth-order valence-electron chi connectivity index (χ4n) is 2.71. The number of allylic oxidation sites excluding steroid dienone is 2. The lowest BCUT2D eigenvalue weighted by Gasteiger charge is -2.04. The summed E-state index contributed by atoms with van der Waals surface area (Å²) in [4.78, 5) is 23.6. The van der Waals surface area contributed by atoms with Crippen molar-refractivity contribution in [2.24, 2.45) is 5.10 Å². The summed E-state index contributed by atoms with van der Waals surface area (Å²) in [6.45, 7) is 1.43. The van der Waals surface area contributed by atoms with E-state index in [1.165, 1.54) is 6.92 Å². The molecule has 0 atom stereocenters. The van der Waals surface area contributed by atoms with Crippen LogP contribution < -0.4 is 10.7 Å². The molecule has 0 radical (unpaired) electrons. The summed E-state index contributed by atoms with van der Waals surface area (Å²) in [6.07, 6.45) is 7.55. The Bertz CT molecular complexity index is 1050. The number of carbonyl (C=O) groups is 2. The van der Waals surface area contributed by atoms with Gasteiger partial charge >= 0.3 is 0 Å². The Morgan fingerprint density at radius 2 is 1.26 bits per heavy atom. The standard InChI is InChI=1S/C26H23N3O2/c1-20(30)27-24-18-14-23(15-19-24)26(31)29-28-25(16-12-21-8-4-2-5-9-21)17-13-22-10-6-3-7-11-22/h2-19H,1H3,(H,27,30)(H,29,31)/b16-12-,17-13+,28-25?. The number of benzene rings is 3. The van der Waals surface area contributed by atoms with Crippen molar-refractivity contribution in [1.29, 1.82) is 0 Å². The minimum Gasteiger partial charge on any atom is -0.326 e. The first kappa shape index (κ1) is 21.5. The van der Waals surface area contributed by atoms with Gasteiger partial charge in [0.15, 0.2) is 0 Å². The smallest absolute Gasteiger partial charge is 0.271 e. The van der Waals surface area contributed by atoms with Crippen molar-refractivity contribution in [3.05, 3.63) is 114 Å². The van der Waals surface area contributed by atoms with E-state index in [-0.39, 0.29) is 11.8 Å². The maximum atomic E-state index is 12.5. The second-order valence-electron chi connectivity index (χ2n) is 6.72. The van der Waals surface area contributed by atoms with Gasteiger partial charge in [-0.3, -0.25) is 9.59 Å². The van der Waals surface area contributed by atoms with Crippen LogP contribution in [0.3, 0.4) is 0 Å². The Balaban J connectivity index is 1.75. The highest BCUT2D eigenvalue weighted by Crippen LogP contribution is 2.10. The van der Waals surface area contributed by atoms with Crippen molar-refractivity contribution in [3.8, 4) is 0 Å². The Kier molecular flexibility index (Phi) is 7.66. The molecule has 0 aliphatic carbocycles. The molecule has 0 saturated carbocycles. The second-order valence-corrected chi connectivity index (χ2v) is 6.72. The number of hydrogen-bond acceptors (Lipinski definition) is 3. The van der Waals surface area contributed by atoms with Gasteiger partial charge in [0, 0.05) is 18.2 Å². The molecular weight excluding hydrogens is 386 g/mol. The zero-order valence-corrected chi connectivity index (χ0v) is 17.2. The van der Waals surface area contributed by atoms with Gasteiger partial charge in [-0.05, 0) is 47.5 Å². The van der Waals surface area contributed by atoms with Crippen LogP contribution in [-0.2, 0) is 4.79 Å². The van der Waals surface area contributed by atoms with Crippen LogP contribution in [-0.4, -0.2) is 17.5 Å². The van der Waals surface area contributed by atoms with E-state index in [1.807, 2.05) is 85.0 Å². The van der Waals surface area contributed by atoms with E-state index in [4.69, 9.17) is 0 Å². The van der Waals surface area contributed by atoms with Crippen LogP contribution in [0, 0.1) is 0 Å². The number of amides is 2. The number of nitrogens with zero attached hydrogens (tertiary/aromatic N) is 1. The number of anilines is 1. The largest absolute Gasteiger partial charge is 0.326 e. The molecule has 0 bridgehead atoms. The van der Waals surface area contributed by atoms with Gasteiger partial charge in [-0.2, -0.15) is 5.10 Å². The molecular formula is C26H23N3O2. The third-order valence-electron chi connectivity index (χ3n) is 4.25. The Labute approximate surface area is 181 Å². The van der Waals surface area contributed by atoms with Crippen molar-refractivity contribution in [2.45, 2.75) is 6.92 Å². The number of hydrogen-bond donors (Lipinski definition) is 2. The molecule has 5 nitrogen and oxygen atoms in total. The molecule has 0 saturated heterocycles. The molecule has 3 rings (SSSR count). The fourth-order valence-corrected chi connectivity index (χ4v) is 2.71. The van der Waals surface area contributed by atoms with Gasteiger partial charge in [0.2, 0.25) is 5.91 Å². The summed E-state index contributed by atoms with van der Waals surface area (Å²) < 4.78 is 0. The maximum absolute atomic E-state index is 12.5. The third-order valence-corrected chi connectivity index (χ3v) is 4.25. The van der Waals surface area contributed by atoms with Gasteiger partial charge < -0.3 is 5.32 Å². The van der Waals surface area contributed by atoms with Gasteiger partial charge in [0.25, 0.3) is 5.91 Å². The summed E-state index contributed by atoms with van der Waals surface area (Å²) in [5.41, 5.74) is 6.32. The first-order valence-corrected chi connectivity index (χ1v) is 9.82. The second kappa shape index (κ2) is 11.1. The van der Waals surface area contributed by atoms with Crippen molar-refractivity contribution < 1.29 is 9.59 Å². The highest BCUT2D eigenvalue weighted by molar-refractivity contribution is 6.09. The summed E-state index contributed by atoms with van der Waals surface area (Å²) in [5, 5.41) is 6.94. The average Bonchev–Trinajstić information content (AvgIpc) is 2.80. The third kappa shape index (κ3) is 7.25. The molecule has 5 heteroatoms. The van der Waals surface area contributed by atoms with E-state index in [0.717, 1.165) is 11.1 Å². The molecule has 31 heavy (non-hydrogen) atoms. The van der Waals surface area contributed by atoms with Crippen LogP contribution in [0.2, 0.25) is 0 Å². The van der Waals surface area contributed by atoms with Crippen LogP contribution in [0.15, 0.2) is 102 Å². The molecule has 0 aliphatic rings. The predicted octanol–water partition coefficient (Wildman–Crippen LogP) is 5.16. The van der Waals surface area contributed by atoms with Crippen LogP contribution in [0.1, 0.15) is 28.4 Å². The summed E-state index contributed by atoms with van der Waals surface area (Å²) in [5.74, 6) is -0.505. The van der Waals surface area contributed by atoms with E-state index in [0.29, 0.717) is 17.0 Å². The van der Waals surface area contributed by atoms with Gasteiger partial charge in [-0.15, -0.1) is 0 Å². The minimum atomic E-state index is -0.340. The number of carbonyl (C=O) groups excluding carboxylic acids is 2. The minimum absolute atomic E-state index is 0.165. The predicted molar refractivity (Wildman–Crippen MR) is 127 cm³/mol. The lowest BCUT2D eigenvalue weighted by Crippen LogP contribution is -2.19. The molecule has 154 valence electrons. The summed E-state index contributed by atoms with van der Waals surface area (Å²) >= 11 is 0. The number of rotatable bonds is 7. The zero-order valence-electron chi connectivity index (χ0n) is 17.2. The summed E-state index contributed by atoms with van der Waals surface area (Å²) in [6, 6.07) is 26.3. The molecule has 2 N–H and O–H groups in total. The van der Waals surface area contributed by atoms with Crippen molar-refractivity contribution in [1.82, 2.24) is 5.43 Å². The Hall–Kier alpha value is -4.25. The Morgan fingerprint density at radius 1 is 0.742 bits per heavy atom. The molecule has 3 aromatic carbocycles. The van der Waals surface area contributed by atoms with Crippen molar-refractivity contribution >= 4 is 35.4 Å². The molecule has 3 aromatic rings. The van der Waals surface area contributed by atoms with E-state index >= 15 is 0 Å². The van der Waals surface area contributed by atoms with Crippen LogP contribution >= 0.6 is 0 Å². The van der Waals surface area contributed by atoms with E-state index in [1.54, 1.807) is 24.3 Å². The van der Waals surface area contributed by atoms with Crippen LogP contribution in [0.4, 0.5) is 5.69 Å². The van der Waals surface area contributed by atoms with E-state index < -0.39 is 0 Å². The van der Waals surface area contributed by atoms with Gasteiger partial charge in [0.05, 0.1) is 5.71 Å². The van der Waals surface area contributed by atoms with Crippen LogP contribution in [0.25, 0.3) is 12.2 Å². The molecule has 2 amide bonds. The topological polar surface area (TPSA) is 70.6 Å². The molecule has 0 aromatic heterocycles. The molecule has 0 fully saturated rings. The van der Waals surface area contributed by atoms with Gasteiger partial charge in [-0.25, -0.2) is 5.43 Å². The lowest BCUT2D eigenvalue weighted by atomic mass is 10.1. The highest BCUT2D eigenvalue weighted by atomic mass is 16.2.